The highest BCUT2D eigenvalue weighted by atomic mass is 31.2. The second-order valence-electron chi connectivity index (χ2n) is 2.54. The molecule has 0 fully saturated rings. The molecule has 0 unspecified atom stereocenters. The molecule has 0 atom stereocenters. The lowest BCUT2D eigenvalue weighted by Gasteiger charge is -2.17. The van der Waals surface area contributed by atoms with Gasteiger partial charge in [-0.1, -0.05) is 0 Å². The number of aromatic nitrogens is 2. The zero-order chi connectivity index (χ0) is 11.1. The van der Waals surface area contributed by atoms with E-state index in [1.807, 2.05) is 0 Å². The van der Waals surface area contributed by atoms with Gasteiger partial charge in [0.2, 0.25) is 0 Å². The number of anilines is 1. The quantitative estimate of drug-likeness (QED) is 0.755. The third kappa shape index (κ3) is 3.95. The van der Waals surface area contributed by atoms with Crippen LogP contribution in [0.2, 0.25) is 0 Å². The zero-order valence-corrected chi connectivity index (χ0v) is 9.61. The van der Waals surface area contributed by atoms with Crippen LogP contribution >= 0.6 is 7.75 Å². The van der Waals surface area contributed by atoms with Crippen LogP contribution in [0.25, 0.3) is 0 Å². The Morgan fingerprint density at radius 3 is 2.47 bits per heavy atom. The predicted octanol–water partition coefficient (Wildman–Crippen LogP) is 2.07. The number of rotatable bonds is 6. The second-order valence-corrected chi connectivity index (χ2v) is 4.27. The van der Waals surface area contributed by atoms with Gasteiger partial charge in [0.1, 0.15) is 0 Å². The number of nitrogens with zero attached hydrogens (tertiary/aromatic N) is 2. The average molecular weight is 231 g/mol. The number of nitrogens with one attached hydrogen (secondary N) is 1. The van der Waals surface area contributed by atoms with Crippen molar-refractivity contribution in [3.05, 3.63) is 18.6 Å². The van der Waals surface area contributed by atoms with E-state index in [1.54, 1.807) is 13.8 Å². The molecule has 0 radical (unpaired) electrons. The van der Waals surface area contributed by atoms with Crippen LogP contribution in [-0.2, 0) is 13.6 Å². The van der Waals surface area contributed by atoms with Gasteiger partial charge in [0, 0.05) is 12.4 Å². The monoisotopic (exact) mass is 231 g/mol. The van der Waals surface area contributed by atoms with E-state index in [4.69, 9.17) is 9.05 Å². The van der Waals surface area contributed by atoms with Gasteiger partial charge in [-0.25, -0.2) is 9.55 Å². The van der Waals surface area contributed by atoms with Crippen molar-refractivity contribution in [1.29, 1.82) is 0 Å². The van der Waals surface area contributed by atoms with Gasteiger partial charge in [-0.15, -0.1) is 0 Å². The largest absolute Gasteiger partial charge is 0.433 e. The zero-order valence-electron chi connectivity index (χ0n) is 8.71. The summed E-state index contributed by atoms with van der Waals surface area (Å²) >= 11 is 0. The maximum Gasteiger partial charge on any atom is 0.433 e. The summed E-state index contributed by atoms with van der Waals surface area (Å²) in [6, 6.07) is 0. The van der Waals surface area contributed by atoms with E-state index in [-0.39, 0.29) is 0 Å². The molecular weight excluding hydrogens is 217 g/mol. The summed E-state index contributed by atoms with van der Waals surface area (Å²) in [5.41, 5.74) is 0. The smallest absolute Gasteiger partial charge is 0.293 e. The van der Waals surface area contributed by atoms with Crippen LogP contribution in [0, 0.1) is 0 Å². The van der Waals surface area contributed by atoms with Crippen molar-refractivity contribution >= 4 is 13.6 Å². The van der Waals surface area contributed by atoms with Crippen molar-refractivity contribution in [3.8, 4) is 0 Å². The molecule has 15 heavy (non-hydrogen) atoms. The Bertz CT molecular complexity index is 323. The molecule has 0 aromatic carbocycles. The van der Waals surface area contributed by atoms with Crippen LogP contribution in [0.1, 0.15) is 13.8 Å². The summed E-state index contributed by atoms with van der Waals surface area (Å²) in [5, 5.41) is 2.59. The molecule has 1 aromatic heterocycles. The van der Waals surface area contributed by atoms with Crippen LogP contribution in [0.15, 0.2) is 18.6 Å². The van der Waals surface area contributed by atoms with Crippen LogP contribution in [-0.4, -0.2) is 23.2 Å². The summed E-state index contributed by atoms with van der Waals surface area (Å²) in [5.74, 6) is 0.364. The molecule has 0 aliphatic heterocycles. The minimum atomic E-state index is -3.29. The first kappa shape index (κ1) is 12.1. The Morgan fingerprint density at radius 2 is 2.00 bits per heavy atom. The van der Waals surface area contributed by atoms with Crippen LogP contribution in [0.3, 0.4) is 0 Å². The molecule has 84 valence electrons. The Balaban J connectivity index is 2.71. The highest BCUT2D eigenvalue weighted by Crippen LogP contribution is 2.46. The molecule has 0 saturated carbocycles. The van der Waals surface area contributed by atoms with Gasteiger partial charge in [-0.05, 0) is 13.8 Å². The molecule has 6 nitrogen and oxygen atoms in total. The maximum atomic E-state index is 12.0. The fraction of sp³-hybridized carbons (Fsp3) is 0.500. The molecule has 0 saturated heterocycles. The molecule has 0 spiro atoms. The van der Waals surface area contributed by atoms with Gasteiger partial charge in [0.05, 0.1) is 19.4 Å². The fourth-order valence-electron chi connectivity index (χ4n) is 0.939. The lowest BCUT2D eigenvalue weighted by atomic mass is 10.7. The lowest BCUT2D eigenvalue weighted by Crippen LogP contribution is -2.06. The Hall–Kier alpha value is -0.970. The molecule has 1 rings (SSSR count). The van der Waals surface area contributed by atoms with E-state index in [0.29, 0.717) is 19.0 Å². The molecule has 1 aromatic rings. The summed E-state index contributed by atoms with van der Waals surface area (Å²) in [6.45, 7) is 4.07. The summed E-state index contributed by atoms with van der Waals surface area (Å²) in [4.78, 5) is 7.75. The maximum absolute atomic E-state index is 12.0. The summed E-state index contributed by atoms with van der Waals surface area (Å²) in [7, 11) is -3.29. The van der Waals surface area contributed by atoms with Gasteiger partial charge in [0.15, 0.2) is 5.82 Å². The van der Waals surface area contributed by atoms with Crippen molar-refractivity contribution in [3.63, 3.8) is 0 Å². The van der Waals surface area contributed by atoms with E-state index in [1.165, 1.54) is 18.6 Å². The molecule has 7 heteroatoms. The van der Waals surface area contributed by atoms with E-state index < -0.39 is 7.75 Å². The van der Waals surface area contributed by atoms with Crippen molar-refractivity contribution < 1.29 is 13.6 Å². The van der Waals surface area contributed by atoms with Crippen LogP contribution in [0.5, 0.6) is 0 Å². The molecule has 0 amide bonds. The minimum absolute atomic E-state index is 0.296. The Labute approximate surface area is 88.6 Å². The van der Waals surface area contributed by atoms with E-state index >= 15 is 0 Å². The fourth-order valence-corrected chi connectivity index (χ4v) is 2.22. The first-order valence-corrected chi connectivity index (χ1v) is 6.18. The van der Waals surface area contributed by atoms with E-state index in [2.05, 4.69) is 15.1 Å². The van der Waals surface area contributed by atoms with Gasteiger partial charge in [0.25, 0.3) is 0 Å². The lowest BCUT2D eigenvalue weighted by molar-refractivity contribution is 0.225. The molecular formula is C8H14N3O3P. The van der Waals surface area contributed by atoms with Gasteiger partial charge >= 0.3 is 7.75 Å². The van der Waals surface area contributed by atoms with Crippen molar-refractivity contribution in [1.82, 2.24) is 9.97 Å². The summed E-state index contributed by atoms with van der Waals surface area (Å²) < 4.78 is 22.0. The molecule has 1 heterocycles. The van der Waals surface area contributed by atoms with Gasteiger partial charge < -0.3 is 0 Å². The van der Waals surface area contributed by atoms with Crippen molar-refractivity contribution in [2.24, 2.45) is 0 Å². The van der Waals surface area contributed by atoms with Crippen molar-refractivity contribution in [2.45, 2.75) is 13.8 Å². The second kappa shape index (κ2) is 5.80. The van der Waals surface area contributed by atoms with Crippen LogP contribution in [0.4, 0.5) is 5.82 Å². The topological polar surface area (TPSA) is 73.3 Å². The number of hydrogen-bond acceptors (Lipinski definition) is 5. The highest BCUT2D eigenvalue weighted by Gasteiger charge is 2.23. The average Bonchev–Trinajstić information content (AvgIpc) is 2.19. The summed E-state index contributed by atoms with van der Waals surface area (Å²) in [6.07, 6.45) is 4.46. The van der Waals surface area contributed by atoms with E-state index in [0.717, 1.165) is 0 Å². The first-order chi connectivity index (χ1) is 7.20. The SMILES string of the molecule is CCOP(=O)(Nc1cnccn1)OCC. The Kier molecular flexibility index (Phi) is 4.68. The third-order valence-electron chi connectivity index (χ3n) is 1.41. The third-order valence-corrected chi connectivity index (χ3v) is 3.11. The van der Waals surface area contributed by atoms with Gasteiger partial charge in [-0.3, -0.25) is 19.1 Å². The minimum Gasteiger partial charge on any atom is -0.293 e. The highest BCUT2D eigenvalue weighted by molar-refractivity contribution is 7.55. The first-order valence-electron chi connectivity index (χ1n) is 4.63. The van der Waals surface area contributed by atoms with Crippen LogP contribution < -0.4 is 5.09 Å². The predicted molar refractivity (Wildman–Crippen MR) is 56.5 cm³/mol. The van der Waals surface area contributed by atoms with E-state index in [9.17, 15) is 4.57 Å². The standard InChI is InChI=1S/C8H14N3O3P/c1-3-13-15(12,14-4-2)11-8-7-9-5-6-10-8/h5-7H,3-4H2,1-2H3,(H,10,11,12). The van der Waals surface area contributed by atoms with Crippen molar-refractivity contribution in [2.75, 3.05) is 18.3 Å². The Morgan fingerprint density at radius 1 is 1.33 bits per heavy atom. The molecule has 0 bridgehead atoms. The normalized spacial score (nSPS) is 11.3. The molecule has 0 aliphatic carbocycles. The molecule has 0 aliphatic rings. The molecule has 1 N–H and O–H groups in total. The van der Waals surface area contributed by atoms with Gasteiger partial charge in [-0.2, -0.15) is 0 Å². The number of hydrogen-bond donors (Lipinski definition) is 1.